The summed E-state index contributed by atoms with van der Waals surface area (Å²) in [7, 11) is 0. The van der Waals surface area contributed by atoms with Gasteiger partial charge in [0, 0.05) is 11.4 Å². The van der Waals surface area contributed by atoms with E-state index in [1.54, 1.807) is 30.5 Å². The van der Waals surface area contributed by atoms with Crippen molar-refractivity contribution in [2.75, 3.05) is 0 Å². The van der Waals surface area contributed by atoms with Crippen molar-refractivity contribution >= 4 is 21.9 Å². The molecule has 2 aromatic heterocycles. The Morgan fingerprint density at radius 2 is 1.86 bits per heavy atom. The van der Waals surface area contributed by atoms with Crippen LogP contribution in [0.1, 0.15) is 22.6 Å². The van der Waals surface area contributed by atoms with Gasteiger partial charge in [-0.2, -0.15) is 13.2 Å². The van der Waals surface area contributed by atoms with Crippen LogP contribution in [0.3, 0.4) is 0 Å². The molecular weight excluding hydrogens is 365 g/mol. The summed E-state index contributed by atoms with van der Waals surface area (Å²) in [6.45, 7) is 3.46. The Balaban J connectivity index is 2.76. The third kappa shape index (κ3) is 3.16. The van der Waals surface area contributed by atoms with Crippen LogP contribution in [-0.2, 0) is 17.4 Å². The normalized spacial score (nSPS) is 11.7. The number of aromatic nitrogens is 2. The van der Waals surface area contributed by atoms with Crippen LogP contribution in [0.25, 0.3) is 5.69 Å². The van der Waals surface area contributed by atoms with Crippen LogP contribution >= 0.6 is 15.9 Å². The molecule has 4 nitrogen and oxygen atoms in total. The molecule has 0 saturated heterocycles. The number of carbonyl (C=O) groups is 1. The Morgan fingerprint density at radius 3 is 2.32 bits per heavy atom. The van der Waals surface area contributed by atoms with Gasteiger partial charge in [-0.05, 0) is 48.0 Å². The Labute approximate surface area is 132 Å². The standard InChI is InChI=1S/C14H12BrF3N2O2/c1-7-3-4-8(2)20(7)11-5-9(14(16,17)18)13(15)19-10(11)6-12(21)22/h3-5H,6H2,1-2H3,(H,21,22). The van der Waals surface area contributed by atoms with Crippen LogP contribution in [-0.4, -0.2) is 20.6 Å². The van der Waals surface area contributed by atoms with E-state index in [4.69, 9.17) is 5.11 Å². The molecule has 0 amide bonds. The van der Waals surface area contributed by atoms with E-state index in [0.717, 1.165) is 6.07 Å². The Bertz CT molecular complexity index is 719. The largest absolute Gasteiger partial charge is 0.481 e. The molecule has 0 bridgehead atoms. The maximum Gasteiger partial charge on any atom is 0.419 e. The number of rotatable bonds is 3. The molecule has 0 radical (unpaired) electrons. The first-order valence-electron chi connectivity index (χ1n) is 6.25. The highest BCUT2D eigenvalue weighted by molar-refractivity contribution is 9.10. The van der Waals surface area contributed by atoms with Crippen molar-refractivity contribution in [2.45, 2.75) is 26.4 Å². The minimum absolute atomic E-state index is 0.0646. The monoisotopic (exact) mass is 376 g/mol. The van der Waals surface area contributed by atoms with Crippen LogP contribution in [0.15, 0.2) is 22.8 Å². The van der Waals surface area contributed by atoms with E-state index in [0.29, 0.717) is 11.4 Å². The average molecular weight is 377 g/mol. The number of carboxylic acids is 1. The smallest absolute Gasteiger partial charge is 0.419 e. The molecule has 0 atom stereocenters. The highest BCUT2D eigenvalue weighted by Gasteiger charge is 2.35. The van der Waals surface area contributed by atoms with Gasteiger partial charge in [-0.25, -0.2) is 4.98 Å². The molecule has 2 rings (SSSR count). The van der Waals surface area contributed by atoms with Gasteiger partial charge in [0.15, 0.2) is 0 Å². The first-order chi connectivity index (χ1) is 10.1. The number of nitrogens with zero attached hydrogens (tertiary/aromatic N) is 2. The van der Waals surface area contributed by atoms with Crippen LogP contribution in [0.5, 0.6) is 0 Å². The second-order valence-electron chi connectivity index (χ2n) is 4.81. The predicted octanol–water partition coefficient (Wildman–Crippen LogP) is 3.90. The van der Waals surface area contributed by atoms with Crippen molar-refractivity contribution in [1.29, 1.82) is 0 Å². The number of aryl methyl sites for hydroxylation is 2. The molecule has 2 heterocycles. The van der Waals surface area contributed by atoms with Crippen LogP contribution in [0, 0.1) is 13.8 Å². The van der Waals surface area contributed by atoms with Crippen molar-refractivity contribution in [3.8, 4) is 5.69 Å². The molecular formula is C14H12BrF3N2O2. The molecule has 0 fully saturated rings. The highest BCUT2D eigenvalue weighted by atomic mass is 79.9. The quantitative estimate of drug-likeness (QED) is 0.826. The first-order valence-corrected chi connectivity index (χ1v) is 7.04. The summed E-state index contributed by atoms with van der Waals surface area (Å²) in [5.74, 6) is -1.16. The summed E-state index contributed by atoms with van der Waals surface area (Å²) in [6, 6.07) is 4.42. The molecule has 0 aliphatic carbocycles. The zero-order valence-electron chi connectivity index (χ0n) is 11.7. The van der Waals surface area contributed by atoms with Gasteiger partial charge >= 0.3 is 12.1 Å². The van der Waals surface area contributed by atoms with Gasteiger partial charge in [0.1, 0.15) is 4.60 Å². The predicted molar refractivity (Wildman–Crippen MR) is 77.1 cm³/mol. The average Bonchev–Trinajstić information content (AvgIpc) is 2.68. The zero-order valence-corrected chi connectivity index (χ0v) is 13.3. The van der Waals surface area contributed by atoms with E-state index < -0.39 is 28.7 Å². The fourth-order valence-electron chi connectivity index (χ4n) is 2.23. The first kappa shape index (κ1) is 16.5. The van der Waals surface area contributed by atoms with Gasteiger partial charge in [0.2, 0.25) is 0 Å². The molecule has 0 aromatic carbocycles. The molecule has 8 heteroatoms. The van der Waals surface area contributed by atoms with E-state index in [9.17, 15) is 18.0 Å². The number of halogens is 4. The molecule has 0 aliphatic heterocycles. The highest BCUT2D eigenvalue weighted by Crippen LogP contribution is 2.36. The lowest BCUT2D eigenvalue weighted by atomic mass is 10.1. The van der Waals surface area contributed by atoms with Crippen LogP contribution in [0.2, 0.25) is 0 Å². The van der Waals surface area contributed by atoms with Crippen molar-refractivity contribution in [3.63, 3.8) is 0 Å². The number of carboxylic acid groups (broad SMARTS) is 1. The number of alkyl halides is 3. The second-order valence-corrected chi connectivity index (χ2v) is 5.56. The van der Waals surface area contributed by atoms with Gasteiger partial charge in [0.05, 0.1) is 23.4 Å². The minimum atomic E-state index is -4.59. The van der Waals surface area contributed by atoms with Gasteiger partial charge in [-0.3, -0.25) is 4.79 Å². The van der Waals surface area contributed by atoms with E-state index in [1.807, 2.05) is 0 Å². The fourth-order valence-corrected chi connectivity index (χ4v) is 2.78. The van der Waals surface area contributed by atoms with Gasteiger partial charge < -0.3 is 9.67 Å². The molecule has 118 valence electrons. The fraction of sp³-hybridized carbons (Fsp3) is 0.286. The number of pyridine rings is 1. The Hall–Kier alpha value is -1.83. The number of hydrogen-bond acceptors (Lipinski definition) is 2. The minimum Gasteiger partial charge on any atom is -0.481 e. The molecule has 0 aliphatic rings. The van der Waals surface area contributed by atoms with E-state index >= 15 is 0 Å². The summed E-state index contributed by atoms with van der Waals surface area (Å²) in [4.78, 5) is 14.8. The molecule has 1 N–H and O–H groups in total. The van der Waals surface area contributed by atoms with Crippen LogP contribution in [0.4, 0.5) is 13.2 Å². The number of hydrogen-bond donors (Lipinski definition) is 1. The molecule has 0 unspecified atom stereocenters. The maximum absolute atomic E-state index is 13.1. The second kappa shape index (κ2) is 5.75. The van der Waals surface area contributed by atoms with Crippen LogP contribution < -0.4 is 0 Å². The van der Waals surface area contributed by atoms with Crippen molar-refractivity contribution < 1.29 is 23.1 Å². The zero-order chi connectivity index (χ0) is 16.7. The van der Waals surface area contributed by atoms with E-state index in [-0.39, 0.29) is 11.4 Å². The van der Waals surface area contributed by atoms with E-state index in [1.165, 1.54) is 0 Å². The third-order valence-electron chi connectivity index (χ3n) is 3.17. The molecule has 0 saturated carbocycles. The summed E-state index contributed by atoms with van der Waals surface area (Å²) in [5.41, 5.74) is 0.639. The van der Waals surface area contributed by atoms with Gasteiger partial charge in [-0.15, -0.1) is 0 Å². The maximum atomic E-state index is 13.1. The summed E-state index contributed by atoms with van der Waals surface area (Å²) < 4.78 is 40.4. The molecule has 0 spiro atoms. The summed E-state index contributed by atoms with van der Waals surface area (Å²) in [6.07, 6.45) is -5.06. The van der Waals surface area contributed by atoms with Gasteiger partial charge in [0.25, 0.3) is 0 Å². The SMILES string of the molecule is Cc1ccc(C)n1-c1cc(C(F)(F)F)c(Br)nc1CC(=O)O. The van der Waals surface area contributed by atoms with Gasteiger partial charge in [-0.1, -0.05) is 0 Å². The summed E-state index contributed by atoms with van der Waals surface area (Å²) in [5, 5.41) is 8.96. The Kier molecular flexibility index (Phi) is 4.32. The van der Waals surface area contributed by atoms with Crippen molar-refractivity contribution in [1.82, 2.24) is 9.55 Å². The number of aliphatic carboxylic acids is 1. The molecule has 22 heavy (non-hydrogen) atoms. The third-order valence-corrected chi connectivity index (χ3v) is 3.77. The van der Waals surface area contributed by atoms with E-state index in [2.05, 4.69) is 20.9 Å². The van der Waals surface area contributed by atoms with Crippen molar-refractivity contribution in [3.05, 3.63) is 45.4 Å². The van der Waals surface area contributed by atoms with Crippen molar-refractivity contribution in [2.24, 2.45) is 0 Å². The topological polar surface area (TPSA) is 55.1 Å². The lowest BCUT2D eigenvalue weighted by molar-refractivity contribution is -0.138. The lowest BCUT2D eigenvalue weighted by Crippen LogP contribution is -2.15. The molecule has 2 aromatic rings. The summed E-state index contributed by atoms with van der Waals surface area (Å²) >= 11 is 2.77. The Morgan fingerprint density at radius 1 is 1.32 bits per heavy atom. The lowest BCUT2D eigenvalue weighted by Gasteiger charge is -2.17.